The van der Waals surface area contributed by atoms with Gasteiger partial charge in [-0.25, -0.2) is 4.98 Å². The van der Waals surface area contributed by atoms with E-state index in [1.54, 1.807) is 45.6 Å². The van der Waals surface area contributed by atoms with E-state index in [1.807, 2.05) is 48.5 Å². The Morgan fingerprint density at radius 3 is 2.15 bits per heavy atom. The van der Waals surface area contributed by atoms with E-state index in [0.29, 0.717) is 11.5 Å². The molecule has 8 heteroatoms. The highest BCUT2D eigenvalue weighted by Crippen LogP contribution is 2.34. The quantitative estimate of drug-likeness (QED) is 0.311. The van der Waals surface area contributed by atoms with Crippen molar-refractivity contribution in [2.24, 2.45) is 0 Å². The van der Waals surface area contributed by atoms with Crippen LogP contribution in [0.15, 0.2) is 77.8 Å². The van der Waals surface area contributed by atoms with Gasteiger partial charge in [0, 0.05) is 16.8 Å². The summed E-state index contributed by atoms with van der Waals surface area (Å²) in [4.78, 5) is 20.8. The van der Waals surface area contributed by atoms with Gasteiger partial charge in [-0.3, -0.25) is 4.79 Å². The number of amides is 1. The van der Waals surface area contributed by atoms with Gasteiger partial charge in [0.15, 0.2) is 0 Å². The summed E-state index contributed by atoms with van der Waals surface area (Å²) < 4.78 is 15.8. The second-order valence-corrected chi connectivity index (χ2v) is 8.26. The average Bonchev–Trinajstić information content (AvgIpc) is 3.32. The fourth-order valence-electron chi connectivity index (χ4n) is 3.33. The average molecular weight is 476 g/mol. The lowest BCUT2D eigenvalue weighted by Gasteiger charge is -2.07. The number of benzene rings is 3. The summed E-state index contributed by atoms with van der Waals surface area (Å²) in [6, 6.07) is 22.6. The van der Waals surface area contributed by atoms with Crippen LogP contribution in [0.25, 0.3) is 22.6 Å². The number of hydrogen-bond donors (Lipinski definition) is 2. The highest BCUT2D eigenvalue weighted by Gasteiger charge is 2.16. The molecule has 1 amide bonds. The first-order chi connectivity index (χ1) is 16.6. The van der Waals surface area contributed by atoms with Crippen molar-refractivity contribution < 1.29 is 19.0 Å². The molecule has 0 bridgehead atoms. The predicted octanol–water partition coefficient (Wildman–Crippen LogP) is 5.50. The van der Waals surface area contributed by atoms with Gasteiger partial charge in [0.25, 0.3) is 0 Å². The monoisotopic (exact) mass is 475 g/mol. The number of carbonyl (C=O) groups is 1. The second-order valence-electron chi connectivity index (χ2n) is 7.29. The van der Waals surface area contributed by atoms with Crippen LogP contribution in [-0.2, 0) is 4.79 Å². The molecule has 0 atom stereocenters. The van der Waals surface area contributed by atoms with Gasteiger partial charge in [0.05, 0.1) is 32.8 Å². The molecule has 2 N–H and O–H groups in total. The zero-order valence-electron chi connectivity index (χ0n) is 19.1. The number of aromatic amines is 1. The third-order valence-corrected chi connectivity index (χ3v) is 6.08. The zero-order valence-corrected chi connectivity index (χ0v) is 19.9. The molecular formula is C26H25N3O4S. The van der Waals surface area contributed by atoms with Gasteiger partial charge in [0.1, 0.15) is 28.1 Å². The number of rotatable bonds is 9. The van der Waals surface area contributed by atoms with Crippen LogP contribution in [0.5, 0.6) is 17.2 Å². The Bertz CT molecular complexity index is 1250. The molecule has 0 saturated carbocycles. The van der Waals surface area contributed by atoms with E-state index in [0.717, 1.165) is 39.1 Å². The molecule has 174 valence electrons. The molecule has 3 aromatic carbocycles. The van der Waals surface area contributed by atoms with Crippen molar-refractivity contribution in [3.8, 4) is 39.9 Å². The minimum atomic E-state index is -0.123. The second kappa shape index (κ2) is 10.8. The van der Waals surface area contributed by atoms with Crippen LogP contribution in [0.2, 0.25) is 0 Å². The Balaban J connectivity index is 1.57. The maximum atomic E-state index is 12.6. The SMILES string of the molecule is COc1ccc(NC(=O)CSc2nc(-c3cccc(OC)c3)[nH]c2-c2ccc(OC)cc2)cc1. The van der Waals surface area contributed by atoms with Crippen LogP contribution in [0.4, 0.5) is 5.69 Å². The fourth-order valence-corrected chi connectivity index (χ4v) is 4.14. The molecule has 4 aromatic rings. The highest BCUT2D eigenvalue weighted by molar-refractivity contribution is 8.00. The summed E-state index contributed by atoms with van der Waals surface area (Å²) in [7, 11) is 4.87. The normalized spacial score (nSPS) is 10.6. The predicted molar refractivity (Wildman–Crippen MR) is 135 cm³/mol. The van der Waals surface area contributed by atoms with Crippen molar-refractivity contribution in [1.29, 1.82) is 0 Å². The number of methoxy groups -OCH3 is 3. The van der Waals surface area contributed by atoms with E-state index in [2.05, 4.69) is 10.3 Å². The van der Waals surface area contributed by atoms with E-state index in [-0.39, 0.29) is 11.7 Å². The molecule has 4 rings (SSSR count). The molecule has 0 spiro atoms. The maximum absolute atomic E-state index is 12.6. The smallest absolute Gasteiger partial charge is 0.234 e. The molecule has 0 aliphatic heterocycles. The standard InChI is InChI=1S/C26H25N3O4S/c1-31-20-11-7-17(8-12-20)24-26(29-25(28-24)18-5-4-6-22(15-18)33-3)34-16-23(30)27-19-9-13-21(32-2)14-10-19/h4-15H,16H2,1-3H3,(H,27,30)(H,28,29). The Labute approximate surface area is 202 Å². The van der Waals surface area contributed by atoms with Crippen molar-refractivity contribution in [1.82, 2.24) is 9.97 Å². The van der Waals surface area contributed by atoms with Crippen molar-refractivity contribution in [3.05, 3.63) is 72.8 Å². The molecule has 0 saturated heterocycles. The minimum Gasteiger partial charge on any atom is -0.497 e. The summed E-state index contributed by atoms with van der Waals surface area (Å²) in [5.41, 5.74) is 3.38. The van der Waals surface area contributed by atoms with E-state index in [1.165, 1.54) is 11.8 Å². The number of anilines is 1. The molecule has 1 heterocycles. The third-order valence-electron chi connectivity index (χ3n) is 5.11. The lowest BCUT2D eigenvalue weighted by molar-refractivity contribution is -0.113. The number of H-pyrrole nitrogens is 1. The molecule has 0 fully saturated rings. The van der Waals surface area contributed by atoms with Crippen molar-refractivity contribution in [2.45, 2.75) is 5.03 Å². The molecule has 7 nitrogen and oxygen atoms in total. The lowest BCUT2D eigenvalue weighted by atomic mass is 10.1. The summed E-state index contributed by atoms with van der Waals surface area (Å²) in [6.45, 7) is 0. The number of imidazole rings is 1. The Hall–Kier alpha value is -3.91. The maximum Gasteiger partial charge on any atom is 0.234 e. The first-order valence-electron chi connectivity index (χ1n) is 10.5. The van der Waals surface area contributed by atoms with Crippen molar-refractivity contribution in [3.63, 3.8) is 0 Å². The van der Waals surface area contributed by atoms with Crippen LogP contribution >= 0.6 is 11.8 Å². The van der Waals surface area contributed by atoms with Gasteiger partial charge in [-0.15, -0.1) is 0 Å². The lowest BCUT2D eigenvalue weighted by Crippen LogP contribution is -2.14. The minimum absolute atomic E-state index is 0.123. The van der Waals surface area contributed by atoms with Gasteiger partial charge in [0.2, 0.25) is 5.91 Å². The van der Waals surface area contributed by atoms with E-state index in [4.69, 9.17) is 19.2 Å². The number of nitrogens with one attached hydrogen (secondary N) is 2. The number of ether oxygens (including phenoxy) is 3. The first-order valence-corrected chi connectivity index (χ1v) is 11.5. The number of carbonyl (C=O) groups excluding carboxylic acids is 1. The van der Waals surface area contributed by atoms with Crippen LogP contribution in [0.3, 0.4) is 0 Å². The largest absolute Gasteiger partial charge is 0.497 e. The number of nitrogens with zero attached hydrogens (tertiary/aromatic N) is 1. The van der Waals surface area contributed by atoms with Gasteiger partial charge in [-0.2, -0.15) is 0 Å². The van der Waals surface area contributed by atoms with Gasteiger partial charge < -0.3 is 24.5 Å². The molecule has 0 radical (unpaired) electrons. The molecule has 0 aliphatic carbocycles. The third kappa shape index (κ3) is 5.52. The Morgan fingerprint density at radius 2 is 1.50 bits per heavy atom. The topological polar surface area (TPSA) is 85.5 Å². The molecular weight excluding hydrogens is 450 g/mol. The summed E-state index contributed by atoms with van der Waals surface area (Å²) in [5, 5.41) is 3.63. The molecule has 0 aliphatic rings. The van der Waals surface area contributed by atoms with Crippen LogP contribution in [0, 0.1) is 0 Å². The number of aromatic nitrogens is 2. The van der Waals surface area contributed by atoms with E-state index < -0.39 is 0 Å². The summed E-state index contributed by atoms with van der Waals surface area (Å²) >= 11 is 1.37. The van der Waals surface area contributed by atoms with Crippen LogP contribution in [0.1, 0.15) is 0 Å². The number of thioether (sulfide) groups is 1. The van der Waals surface area contributed by atoms with E-state index >= 15 is 0 Å². The van der Waals surface area contributed by atoms with Crippen molar-refractivity contribution in [2.75, 3.05) is 32.4 Å². The van der Waals surface area contributed by atoms with Gasteiger partial charge in [-0.1, -0.05) is 23.9 Å². The van der Waals surface area contributed by atoms with E-state index in [9.17, 15) is 4.79 Å². The zero-order chi connectivity index (χ0) is 23.9. The fraction of sp³-hybridized carbons (Fsp3) is 0.154. The molecule has 0 unspecified atom stereocenters. The summed E-state index contributed by atoms with van der Waals surface area (Å²) in [5.74, 6) is 3.03. The van der Waals surface area contributed by atoms with Gasteiger partial charge in [-0.05, 0) is 60.7 Å². The van der Waals surface area contributed by atoms with Gasteiger partial charge >= 0.3 is 0 Å². The van der Waals surface area contributed by atoms with Crippen molar-refractivity contribution >= 4 is 23.4 Å². The summed E-state index contributed by atoms with van der Waals surface area (Å²) in [6.07, 6.45) is 0. The molecule has 1 aromatic heterocycles. The van der Waals surface area contributed by atoms with Crippen LogP contribution in [-0.4, -0.2) is 43.0 Å². The Morgan fingerprint density at radius 1 is 0.853 bits per heavy atom. The van der Waals surface area contributed by atoms with Crippen LogP contribution < -0.4 is 19.5 Å². The molecule has 34 heavy (non-hydrogen) atoms. The number of hydrogen-bond acceptors (Lipinski definition) is 6. The highest BCUT2D eigenvalue weighted by atomic mass is 32.2. The first kappa shape index (κ1) is 23.3. The Kier molecular flexibility index (Phi) is 7.39.